The monoisotopic (exact) mass is 540 g/mol. The average molecular weight is 541 g/mol. The Labute approximate surface area is 206 Å². The molecule has 2 atom stereocenters. The average Bonchev–Trinajstić information content (AvgIpc) is 2.78. The van der Waals surface area contributed by atoms with Gasteiger partial charge in [-0.15, -0.1) is 8.78 Å². The molecule has 1 aromatic heterocycles. The van der Waals surface area contributed by atoms with Crippen LogP contribution in [0.25, 0.3) is 0 Å². The number of carbonyl (C=O) groups excluding carboxylic acids is 2. The first-order chi connectivity index (χ1) is 16.4. The molecule has 0 spiro atoms. The molecule has 3 rings (SSSR count). The van der Waals surface area contributed by atoms with Gasteiger partial charge in [0.25, 0.3) is 11.5 Å². The molecule has 1 N–H and O–H groups in total. The molecule has 1 aromatic carbocycles. The second-order valence-electron chi connectivity index (χ2n) is 7.76. The lowest BCUT2D eigenvalue weighted by atomic mass is 9.92. The number of carbonyl (C=O) groups is 2. The Morgan fingerprint density at radius 3 is 2.23 bits per heavy atom. The predicted molar refractivity (Wildman–Crippen MR) is 116 cm³/mol. The van der Waals surface area contributed by atoms with Gasteiger partial charge in [-0.05, 0) is 37.1 Å². The van der Waals surface area contributed by atoms with Crippen LogP contribution in [0, 0.1) is 0 Å². The molecular formula is C21H19Cl2F5N4O3. The highest BCUT2D eigenvalue weighted by molar-refractivity contribution is 6.32. The van der Waals surface area contributed by atoms with Crippen molar-refractivity contribution in [1.29, 1.82) is 0 Å². The van der Waals surface area contributed by atoms with Gasteiger partial charge in [-0.25, -0.2) is 23.1 Å². The molecule has 1 heterocycles. The molecule has 190 valence electrons. The molecule has 0 radical (unpaired) electrons. The SMILES string of the molecule is O=C(NC1CCC(F)(F)CC1)[C@@H](c1cncnc1)N(C(=O)[C@H](F)Cl)c1ccc(OC(F)(F)Cl)cc1. The summed E-state index contributed by atoms with van der Waals surface area (Å²) < 4.78 is 71.1. The van der Waals surface area contributed by atoms with Crippen molar-refractivity contribution in [2.24, 2.45) is 0 Å². The van der Waals surface area contributed by atoms with Crippen molar-refractivity contribution in [3.05, 3.63) is 48.5 Å². The predicted octanol–water partition coefficient (Wildman–Crippen LogP) is 4.95. The van der Waals surface area contributed by atoms with Gasteiger partial charge in [-0.1, -0.05) is 11.6 Å². The number of nitrogens with zero attached hydrogens (tertiary/aromatic N) is 3. The lowest BCUT2D eigenvalue weighted by Crippen LogP contribution is -2.49. The van der Waals surface area contributed by atoms with E-state index in [1.54, 1.807) is 0 Å². The third-order valence-electron chi connectivity index (χ3n) is 5.24. The molecule has 0 aliphatic heterocycles. The van der Waals surface area contributed by atoms with Crippen LogP contribution >= 0.6 is 23.2 Å². The zero-order valence-electron chi connectivity index (χ0n) is 17.8. The molecule has 1 saturated carbocycles. The van der Waals surface area contributed by atoms with Crippen LogP contribution in [-0.2, 0) is 9.59 Å². The second-order valence-corrected chi connectivity index (χ2v) is 8.59. The number of amides is 2. The van der Waals surface area contributed by atoms with Crippen LogP contribution in [0.5, 0.6) is 5.75 Å². The molecular weight excluding hydrogens is 522 g/mol. The molecule has 14 heteroatoms. The Balaban J connectivity index is 1.96. The minimum absolute atomic E-state index is 0.00931. The number of aromatic nitrogens is 2. The van der Waals surface area contributed by atoms with E-state index in [0.29, 0.717) is 4.90 Å². The molecule has 0 saturated heterocycles. The van der Waals surface area contributed by atoms with Crippen molar-refractivity contribution in [1.82, 2.24) is 15.3 Å². The van der Waals surface area contributed by atoms with Crippen molar-refractivity contribution in [2.45, 2.75) is 54.9 Å². The number of halogens is 7. The van der Waals surface area contributed by atoms with Crippen LogP contribution in [-0.4, -0.2) is 44.9 Å². The van der Waals surface area contributed by atoms with E-state index in [1.165, 1.54) is 12.4 Å². The van der Waals surface area contributed by atoms with E-state index >= 15 is 0 Å². The fourth-order valence-electron chi connectivity index (χ4n) is 3.65. The van der Waals surface area contributed by atoms with Crippen LogP contribution < -0.4 is 15.0 Å². The van der Waals surface area contributed by atoms with Gasteiger partial charge >= 0.3 is 5.57 Å². The van der Waals surface area contributed by atoms with E-state index in [4.69, 9.17) is 23.2 Å². The highest BCUT2D eigenvalue weighted by Crippen LogP contribution is 2.35. The van der Waals surface area contributed by atoms with Crippen LogP contribution in [0.1, 0.15) is 37.3 Å². The maximum absolute atomic E-state index is 14.0. The summed E-state index contributed by atoms with van der Waals surface area (Å²) in [5.41, 5.74) is -6.63. The van der Waals surface area contributed by atoms with Crippen molar-refractivity contribution in [3.8, 4) is 5.75 Å². The summed E-state index contributed by atoms with van der Waals surface area (Å²) in [6, 6.07) is 2.08. The highest BCUT2D eigenvalue weighted by atomic mass is 35.5. The number of nitrogens with one attached hydrogen (secondary N) is 1. The molecule has 1 aliphatic rings. The number of anilines is 1. The first-order valence-electron chi connectivity index (χ1n) is 10.3. The summed E-state index contributed by atoms with van der Waals surface area (Å²) in [4.78, 5) is 34.4. The summed E-state index contributed by atoms with van der Waals surface area (Å²) in [5.74, 6) is -5.38. The first kappa shape index (κ1) is 26.9. The van der Waals surface area contributed by atoms with Gasteiger partial charge in [0.1, 0.15) is 18.1 Å². The van der Waals surface area contributed by atoms with Crippen LogP contribution in [0.15, 0.2) is 43.0 Å². The van der Waals surface area contributed by atoms with Gasteiger partial charge in [0, 0.05) is 54.1 Å². The maximum atomic E-state index is 14.0. The highest BCUT2D eigenvalue weighted by Gasteiger charge is 2.40. The summed E-state index contributed by atoms with van der Waals surface area (Å²) in [5, 5.41) is 2.61. The fraction of sp³-hybridized carbons (Fsp3) is 0.429. The number of rotatable bonds is 8. The Morgan fingerprint density at radius 1 is 1.14 bits per heavy atom. The number of hydrogen-bond acceptors (Lipinski definition) is 5. The van der Waals surface area contributed by atoms with Gasteiger partial charge in [-0.2, -0.15) is 0 Å². The van der Waals surface area contributed by atoms with E-state index < -0.39 is 53.9 Å². The first-order valence-corrected chi connectivity index (χ1v) is 11.1. The van der Waals surface area contributed by atoms with Crippen LogP contribution in [0.3, 0.4) is 0 Å². The Morgan fingerprint density at radius 2 is 1.71 bits per heavy atom. The van der Waals surface area contributed by atoms with Gasteiger partial charge < -0.3 is 10.1 Å². The summed E-state index contributed by atoms with van der Waals surface area (Å²) >= 11 is 10.1. The number of ether oxygens (including phenoxy) is 1. The standard InChI is InChI=1S/C21H19Cl2F5N4O3/c22-17(24)19(34)32(14-1-3-15(4-2-14)35-21(23,27)28)16(12-9-29-11-30-10-12)18(33)31-13-5-7-20(25,26)8-6-13/h1-4,9-11,13,16-17H,5-8H2,(H,31,33)/t16-,17+/m1/s1. The van der Waals surface area contributed by atoms with Gasteiger partial charge in [0.05, 0.1) is 0 Å². The lowest BCUT2D eigenvalue weighted by Gasteiger charge is -2.34. The molecule has 0 bridgehead atoms. The number of benzene rings is 1. The third kappa shape index (κ3) is 7.38. The van der Waals surface area contributed by atoms with E-state index in [-0.39, 0.29) is 29.8 Å². The Kier molecular flexibility index (Phi) is 8.37. The van der Waals surface area contributed by atoms with Gasteiger partial charge in [0.2, 0.25) is 11.8 Å². The largest absolute Gasteiger partial charge is 0.487 e. The quantitative estimate of drug-likeness (QED) is 0.378. The summed E-state index contributed by atoms with van der Waals surface area (Å²) in [6.45, 7) is 0. The van der Waals surface area contributed by atoms with E-state index in [2.05, 4.69) is 20.0 Å². The summed E-state index contributed by atoms with van der Waals surface area (Å²) in [7, 11) is 0. The smallest absolute Gasteiger partial charge is 0.420 e. The second kappa shape index (κ2) is 10.9. The van der Waals surface area contributed by atoms with Crippen molar-refractivity contribution in [2.75, 3.05) is 4.90 Å². The minimum atomic E-state index is -4.00. The van der Waals surface area contributed by atoms with E-state index in [1.807, 2.05) is 0 Å². The van der Waals surface area contributed by atoms with Crippen LogP contribution in [0.4, 0.5) is 27.6 Å². The van der Waals surface area contributed by atoms with Crippen molar-refractivity contribution < 1.29 is 36.3 Å². The van der Waals surface area contributed by atoms with Crippen molar-refractivity contribution >= 4 is 40.7 Å². The third-order valence-corrected chi connectivity index (χ3v) is 5.50. The van der Waals surface area contributed by atoms with Gasteiger partial charge in [-0.3, -0.25) is 14.5 Å². The van der Waals surface area contributed by atoms with Crippen LogP contribution in [0.2, 0.25) is 0 Å². The number of alkyl halides is 7. The zero-order chi connectivity index (χ0) is 25.8. The van der Waals surface area contributed by atoms with E-state index in [0.717, 1.165) is 30.6 Å². The molecule has 2 amide bonds. The van der Waals surface area contributed by atoms with Crippen molar-refractivity contribution in [3.63, 3.8) is 0 Å². The summed E-state index contributed by atoms with van der Waals surface area (Å²) in [6.07, 6.45) is 2.70. The molecule has 0 unspecified atom stereocenters. The topological polar surface area (TPSA) is 84.4 Å². The zero-order valence-corrected chi connectivity index (χ0v) is 19.3. The van der Waals surface area contributed by atoms with E-state index in [9.17, 15) is 31.5 Å². The normalized spacial score (nSPS) is 17.8. The Hall–Kier alpha value is -2.73. The maximum Gasteiger partial charge on any atom is 0.487 e. The number of hydrogen-bond donors (Lipinski definition) is 1. The molecule has 1 aliphatic carbocycles. The molecule has 1 fully saturated rings. The molecule has 35 heavy (non-hydrogen) atoms. The van der Waals surface area contributed by atoms with Gasteiger partial charge in [0.15, 0.2) is 0 Å². The lowest BCUT2D eigenvalue weighted by molar-refractivity contribution is -0.128. The molecule has 2 aromatic rings. The molecule has 7 nitrogen and oxygen atoms in total. The Bertz CT molecular complexity index is 1020. The minimum Gasteiger partial charge on any atom is -0.420 e. The fourth-order valence-corrected chi connectivity index (χ4v) is 3.85.